The van der Waals surface area contributed by atoms with Gasteiger partial charge < -0.3 is 15.7 Å². The van der Waals surface area contributed by atoms with E-state index in [1.807, 2.05) is 30.3 Å². The van der Waals surface area contributed by atoms with Gasteiger partial charge in [-0.25, -0.2) is 0 Å². The van der Waals surface area contributed by atoms with Crippen molar-refractivity contribution >= 4 is 11.9 Å². The second-order valence-corrected chi connectivity index (χ2v) is 5.96. The largest absolute Gasteiger partial charge is 0.481 e. The SMILES string of the molecule is O=C(O)CC(NC(=O)C1CC2CCC1N2)c1ccccc1. The Bertz CT molecular complexity index is 532. The zero-order chi connectivity index (χ0) is 14.8. The topological polar surface area (TPSA) is 78.4 Å². The maximum absolute atomic E-state index is 12.5. The molecule has 1 aromatic rings. The standard InChI is InChI=1S/C16H20N2O3/c19-15(20)9-14(10-4-2-1-3-5-10)18-16(21)12-8-11-6-7-13(12)17-11/h1-5,11-14,17H,6-9H2,(H,18,21)(H,19,20). The molecule has 2 aliphatic rings. The number of hydrogen-bond donors (Lipinski definition) is 3. The molecule has 0 aromatic heterocycles. The highest BCUT2D eigenvalue weighted by Gasteiger charge is 2.43. The third-order valence-electron chi connectivity index (χ3n) is 4.53. The van der Waals surface area contributed by atoms with Gasteiger partial charge in [-0.15, -0.1) is 0 Å². The Labute approximate surface area is 123 Å². The lowest BCUT2D eigenvalue weighted by atomic mass is 9.88. The second-order valence-electron chi connectivity index (χ2n) is 5.96. The van der Waals surface area contributed by atoms with Crippen molar-refractivity contribution in [1.82, 2.24) is 10.6 Å². The van der Waals surface area contributed by atoms with Crippen molar-refractivity contribution in [3.63, 3.8) is 0 Å². The average Bonchev–Trinajstić information content (AvgIpc) is 3.09. The van der Waals surface area contributed by atoms with Crippen LogP contribution in [-0.4, -0.2) is 29.1 Å². The normalized spacial score (nSPS) is 28.3. The first-order valence-electron chi connectivity index (χ1n) is 7.46. The van der Waals surface area contributed by atoms with E-state index in [1.54, 1.807) is 0 Å². The van der Waals surface area contributed by atoms with Crippen molar-refractivity contribution in [3.05, 3.63) is 35.9 Å². The number of carboxylic acids is 1. The van der Waals surface area contributed by atoms with Crippen molar-refractivity contribution in [1.29, 1.82) is 0 Å². The minimum Gasteiger partial charge on any atom is -0.481 e. The molecule has 1 amide bonds. The summed E-state index contributed by atoms with van der Waals surface area (Å²) in [6.07, 6.45) is 2.96. The summed E-state index contributed by atoms with van der Waals surface area (Å²) in [6.45, 7) is 0. The van der Waals surface area contributed by atoms with Crippen LogP contribution in [0.5, 0.6) is 0 Å². The van der Waals surface area contributed by atoms with Crippen LogP contribution in [0.3, 0.4) is 0 Å². The number of carbonyl (C=O) groups is 2. The van der Waals surface area contributed by atoms with E-state index >= 15 is 0 Å². The number of carboxylic acid groups (broad SMARTS) is 1. The van der Waals surface area contributed by atoms with Crippen LogP contribution in [0.15, 0.2) is 30.3 Å². The highest BCUT2D eigenvalue weighted by molar-refractivity contribution is 5.81. The van der Waals surface area contributed by atoms with Crippen LogP contribution in [0.25, 0.3) is 0 Å². The number of carbonyl (C=O) groups excluding carboxylic acids is 1. The fraction of sp³-hybridized carbons (Fsp3) is 0.500. The number of rotatable bonds is 5. The van der Waals surface area contributed by atoms with E-state index < -0.39 is 12.0 Å². The first-order chi connectivity index (χ1) is 10.1. The summed E-state index contributed by atoms with van der Waals surface area (Å²) in [5.41, 5.74) is 0.837. The average molecular weight is 288 g/mol. The van der Waals surface area contributed by atoms with E-state index in [0.717, 1.165) is 24.8 Å². The van der Waals surface area contributed by atoms with Crippen LogP contribution < -0.4 is 10.6 Å². The van der Waals surface area contributed by atoms with E-state index in [9.17, 15) is 9.59 Å². The lowest BCUT2D eigenvalue weighted by Gasteiger charge is -2.23. The van der Waals surface area contributed by atoms with Gasteiger partial charge in [0.15, 0.2) is 0 Å². The Morgan fingerprint density at radius 3 is 2.62 bits per heavy atom. The number of benzene rings is 1. The number of aliphatic carboxylic acids is 1. The molecule has 5 heteroatoms. The van der Waals surface area contributed by atoms with Crippen molar-refractivity contribution in [3.8, 4) is 0 Å². The van der Waals surface area contributed by atoms with Crippen molar-refractivity contribution in [2.75, 3.05) is 0 Å². The maximum Gasteiger partial charge on any atom is 0.305 e. The fourth-order valence-corrected chi connectivity index (χ4v) is 3.50. The molecule has 0 saturated carbocycles. The molecule has 3 rings (SSSR count). The van der Waals surface area contributed by atoms with Gasteiger partial charge in [0, 0.05) is 12.1 Å². The monoisotopic (exact) mass is 288 g/mol. The van der Waals surface area contributed by atoms with Crippen LogP contribution in [0.4, 0.5) is 0 Å². The van der Waals surface area contributed by atoms with Gasteiger partial charge in [0.1, 0.15) is 0 Å². The van der Waals surface area contributed by atoms with Crippen LogP contribution in [-0.2, 0) is 9.59 Å². The number of hydrogen-bond acceptors (Lipinski definition) is 3. The van der Waals surface area contributed by atoms with Gasteiger partial charge >= 0.3 is 5.97 Å². The van der Waals surface area contributed by atoms with Gasteiger partial charge in [-0.05, 0) is 24.8 Å². The summed E-state index contributed by atoms with van der Waals surface area (Å²) in [6, 6.07) is 9.56. The van der Waals surface area contributed by atoms with Crippen LogP contribution in [0, 0.1) is 5.92 Å². The zero-order valence-corrected chi connectivity index (χ0v) is 11.8. The zero-order valence-electron chi connectivity index (χ0n) is 11.8. The first kappa shape index (κ1) is 14.1. The molecular weight excluding hydrogens is 268 g/mol. The molecule has 0 radical (unpaired) electrons. The van der Waals surface area contributed by atoms with E-state index in [1.165, 1.54) is 0 Å². The summed E-state index contributed by atoms with van der Waals surface area (Å²) in [5.74, 6) is -0.955. The molecule has 5 nitrogen and oxygen atoms in total. The Morgan fingerprint density at radius 1 is 1.29 bits per heavy atom. The van der Waals surface area contributed by atoms with Gasteiger partial charge in [-0.1, -0.05) is 30.3 Å². The molecule has 2 saturated heterocycles. The highest BCUT2D eigenvalue weighted by Crippen LogP contribution is 2.33. The third-order valence-corrected chi connectivity index (χ3v) is 4.53. The molecule has 4 unspecified atom stereocenters. The second kappa shape index (κ2) is 5.85. The Balaban J connectivity index is 1.69. The van der Waals surface area contributed by atoms with E-state index in [4.69, 9.17) is 5.11 Å². The molecule has 4 atom stereocenters. The molecule has 1 aromatic carbocycles. The van der Waals surface area contributed by atoms with E-state index in [-0.39, 0.29) is 24.3 Å². The van der Waals surface area contributed by atoms with E-state index in [2.05, 4.69) is 10.6 Å². The highest BCUT2D eigenvalue weighted by atomic mass is 16.4. The van der Waals surface area contributed by atoms with E-state index in [0.29, 0.717) is 6.04 Å². The number of nitrogens with one attached hydrogen (secondary N) is 2. The van der Waals surface area contributed by atoms with Gasteiger partial charge in [0.05, 0.1) is 18.4 Å². The van der Waals surface area contributed by atoms with Crippen molar-refractivity contribution in [2.45, 2.75) is 43.8 Å². The minimum absolute atomic E-state index is 0.0233. The smallest absolute Gasteiger partial charge is 0.305 e. The first-order valence-corrected chi connectivity index (χ1v) is 7.46. The number of amides is 1. The summed E-state index contributed by atoms with van der Waals surface area (Å²) in [5, 5.41) is 15.4. The summed E-state index contributed by atoms with van der Waals surface area (Å²) in [7, 11) is 0. The quantitative estimate of drug-likeness (QED) is 0.766. The fourth-order valence-electron chi connectivity index (χ4n) is 3.50. The molecule has 0 aliphatic carbocycles. The molecule has 21 heavy (non-hydrogen) atoms. The van der Waals surface area contributed by atoms with Gasteiger partial charge in [0.25, 0.3) is 0 Å². The number of fused-ring (bicyclic) bond motifs is 2. The Hall–Kier alpha value is -1.88. The molecule has 2 aliphatic heterocycles. The molecule has 3 N–H and O–H groups in total. The van der Waals surface area contributed by atoms with Crippen LogP contribution in [0.1, 0.15) is 37.3 Å². The third kappa shape index (κ3) is 3.08. The van der Waals surface area contributed by atoms with Crippen molar-refractivity contribution in [2.24, 2.45) is 5.92 Å². The summed E-state index contributed by atoms with van der Waals surface area (Å²) < 4.78 is 0. The van der Waals surface area contributed by atoms with Crippen LogP contribution in [0.2, 0.25) is 0 Å². The van der Waals surface area contributed by atoms with Crippen molar-refractivity contribution < 1.29 is 14.7 Å². The molecule has 112 valence electrons. The van der Waals surface area contributed by atoms with Gasteiger partial charge in [-0.3, -0.25) is 9.59 Å². The predicted molar refractivity (Wildman–Crippen MR) is 77.6 cm³/mol. The lowest BCUT2D eigenvalue weighted by Crippen LogP contribution is -2.40. The summed E-state index contributed by atoms with van der Waals surface area (Å²) in [4.78, 5) is 23.5. The molecule has 2 bridgehead atoms. The summed E-state index contributed by atoms with van der Waals surface area (Å²) >= 11 is 0. The molecule has 2 fully saturated rings. The Kier molecular flexibility index (Phi) is 3.92. The van der Waals surface area contributed by atoms with Gasteiger partial charge in [0.2, 0.25) is 5.91 Å². The Morgan fingerprint density at radius 2 is 2.05 bits per heavy atom. The molecular formula is C16H20N2O3. The lowest BCUT2D eigenvalue weighted by molar-refractivity contribution is -0.138. The van der Waals surface area contributed by atoms with Crippen LogP contribution >= 0.6 is 0 Å². The predicted octanol–water partition coefficient (Wildman–Crippen LogP) is 1.46. The maximum atomic E-state index is 12.5. The minimum atomic E-state index is -0.907. The molecule has 0 spiro atoms. The van der Waals surface area contributed by atoms with Gasteiger partial charge in [-0.2, -0.15) is 0 Å². The molecule has 2 heterocycles.